The van der Waals surface area contributed by atoms with Gasteiger partial charge in [-0.15, -0.1) is 0 Å². The molecule has 0 saturated heterocycles. The number of nitrogens with zero attached hydrogens (tertiary/aromatic N) is 4. The van der Waals surface area contributed by atoms with Crippen LogP contribution in [0.25, 0.3) is 0 Å². The first-order valence-corrected chi connectivity index (χ1v) is 8.29. The molecule has 1 N–H and O–H groups in total. The number of ether oxygens (including phenoxy) is 1. The standard InChI is InChI=1S/C17H19N5O2S/c1-3-15-19-21(17(25)22(15)20-10-4-5-11-20)12-16(23)18-13-6-8-14(24-2)9-7-13/h4-11H,3,12H2,1-2H3,(H,18,23). The number of hydrogen-bond acceptors (Lipinski definition) is 4. The lowest BCUT2D eigenvalue weighted by Gasteiger charge is -2.07. The van der Waals surface area contributed by atoms with Crippen molar-refractivity contribution in [2.75, 3.05) is 12.4 Å². The van der Waals surface area contributed by atoms with Crippen LogP contribution in [0.2, 0.25) is 0 Å². The molecular formula is C17H19N5O2S. The summed E-state index contributed by atoms with van der Waals surface area (Å²) in [6, 6.07) is 11.0. The van der Waals surface area contributed by atoms with Crippen molar-refractivity contribution in [3.05, 3.63) is 59.4 Å². The van der Waals surface area contributed by atoms with Gasteiger partial charge < -0.3 is 10.1 Å². The van der Waals surface area contributed by atoms with E-state index < -0.39 is 0 Å². The molecule has 3 aromatic rings. The van der Waals surface area contributed by atoms with Gasteiger partial charge >= 0.3 is 0 Å². The third-order valence-corrected chi connectivity index (χ3v) is 4.07. The number of aromatic nitrogens is 4. The third-order valence-electron chi connectivity index (χ3n) is 3.69. The van der Waals surface area contributed by atoms with Crippen LogP contribution in [0, 0.1) is 4.77 Å². The molecule has 8 heteroatoms. The quantitative estimate of drug-likeness (QED) is 0.689. The molecule has 25 heavy (non-hydrogen) atoms. The molecule has 0 unspecified atom stereocenters. The lowest BCUT2D eigenvalue weighted by atomic mass is 10.3. The van der Waals surface area contributed by atoms with E-state index in [9.17, 15) is 4.79 Å². The van der Waals surface area contributed by atoms with E-state index in [0.717, 1.165) is 11.6 Å². The van der Waals surface area contributed by atoms with Gasteiger partial charge in [0.2, 0.25) is 10.7 Å². The summed E-state index contributed by atoms with van der Waals surface area (Å²) in [4.78, 5) is 12.3. The zero-order valence-corrected chi connectivity index (χ0v) is 14.9. The van der Waals surface area contributed by atoms with Crippen molar-refractivity contribution in [1.29, 1.82) is 0 Å². The van der Waals surface area contributed by atoms with Crippen LogP contribution >= 0.6 is 12.2 Å². The molecule has 7 nitrogen and oxygen atoms in total. The van der Waals surface area contributed by atoms with Crippen LogP contribution in [0.4, 0.5) is 5.69 Å². The van der Waals surface area contributed by atoms with Crippen LogP contribution in [0.5, 0.6) is 5.75 Å². The molecule has 0 atom stereocenters. The summed E-state index contributed by atoms with van der Waals surface area (Å²) in [5.41, 5.74) is 0.692. The van der Waals surface area contributed by atoms with Crippen molar-refractivity contribution < 1.29 is 9.53 Å². The van der Waals surface area contributed by atoms with Gasteiger partial charge in [0.25, 0.3) is 0 Å². The van der Waals surface area contributed by atoms with E-state index >= 15 is 0 Å². The Labute approximate surface area is 150 Å². The molecule has 1 aromatic carbocycles. The highest BCUT2D eigenvalue weighted by Crippen LogP contribution is 2.15. The zero-order valence-electron chi connectivity index (χ0n) is 14.0. The minimum Gasteiger partial charge on any atom is -0.497 e. The summed E-state index contributed by atoms with van der Waals surface area (Å²) < 4.78 is 10.8. The predicted molar refractivity (Wildman–Crippen MR) is 97.3 cm³/mol. The lowest BCUT2D eigenvalue weighted by Crippen LogP contribution is -2.20. The van der Waals surface area contributed by atoms with Crippen molar-refractivity contribution in [1.82, 2.24) is 19.1 Å². The van der Waals surface area contributed by atoms with Crippen LogP contribution in [-0.4, -0.2) is 32.1 Å². The third kappa shape index (κ3) is 3.63. The van der Waals surface area contributed by atoms with Gasteiger partial charge in [-0.2, -0.15) is 5.10 Å². The van der Waals surface area contributed by atoms with Crippen molar-refractivity contribution in [3.63, 3.8) is 0 Å². The maximum atomic E-state index is 12.3. The maximum absolute atomic E-state index is 12.3. The monoisotopic (exact) mass is 357 g/mol. The number of rotatable bonds is 6. The first kappa shape index (κ1) is 17.0. The van der Waals surface area contributed by atoms with E-state index in [2.05, 4.69) is 10.4 Å². The second kappa shape index (κ2) is 7.35. The summed E-state index contributed by atoms with van der Waals surface area (Å²) in [5.74, 6) is 1.33. The number of amides is 1. The minimum atomic E-state index is -0.193. The van der Waals surface area contributed by atoms with Crippen LogP contribution in [0.3, 0.4) is 0 Å². The molecule has 0 aliphatic heterocycles. The molecular weight excluding hydrogens is 338 g/mol. The Morgan fingerprint density at radius 2 is 1.92 bits per heavy atom. The second-order valence-corrected chi connectivity index (χ2v) is 5.73. The number of anilines is 1. The Balaban J connectivity index is 1.78. The highest BCUT2D eigenvalue weighted by atomic mass is 32.1. The van der Waals surface area contributed by atoms with Gasteiger partial charge in [-0.1, -0.05) is 6.92 Å². The van der Waals surface area contributed by atoms with Gasteiger partial charge in [-0.05, 0) is 48.6 Å². The van der Waals surface area contributed by atoms with E-state index in [4.69, 9.17) is 17.0 Å². The van der Waals surface area contributed by atoms with Crippen molar-refractivity contribution >= 4 is 23.8 Å². The molecule has 3 rings (SSSR count). The van der Waals surface area contributed by atoms with Crippen molar-refractivity contribution in [3.8, 4) is 5.75 Å². The topological polar surface area (TPSA) is 66.0 Å². The fraction of sp³-hybridized carbons (Fsp3) is 0.235. The molecule has 2 heterocycles. The van der Waals surface area contributed by atoms with Crippen LogP contribution in [0.1, 0.15) is 12.7 Å². The first-order valence-electron chi connectivity index (χ1n) is 7.88. The second-order valence-electron chi connectivity index (χ2n) is 5.36. The molecule has 0 aliphatic carbocycles. The number of benzene rings is 1. The highest BCUT2D eigenvalue weighted by Gasteiger charge is 2.13. The minimum absolute atomic E-state index is 0.0477. The number of hydrogen-bond donors (Lipinski definition) is 1. The highest BCUT2D eigenvalue weighted by molar-refractivity contribution is 7.71. The number of nitrogens with one attached hydrogen (secondary N) is 1. The Hall–Kier alpha value is -2.87. The first-order chi connectivity index (χ1) is 12.1. The Kier molecular flexibility index (Phi) is 4.99. The van der Waals surface area contributed by atoms with Gasteiger partial charge in [-0.25, -0.2) is 9.36 Å². The SMILES string of the molecule is CCc1nn(CC(=O)Nc2ccc(OC)cc2)c(=S)n1-n1cccc1. The Morgan fingerprint density at radius 1 is 1.24 bits per heavy atom. The Morgan fingerprint density at radius 3 is 2.52 bits per heavy atom. The predicted octanol–water partition coefficient (Wildman–Crippen LogP) is 2.74. The molecule has 0 saturated carbocycles. The van der Waals surface area contributed by atoms with Crippen LogP contribution in [0.15, 0.2) is 48.8 Å². The summed E-state index contributed by atoms with van der Waals surface area (Å²) in [6.07, 6.45) is 4.48. The molecule has 0 bridgehead atoms. The van der Waals surface area contributed by atoms with Gasteiger partial charge in [0.1, 0.15) is 12.3 Å². The largest absolute Gasteiger partial charge is 0.497 e. The lowest BCUT2D eigenvalue weighted by molar-refractivity contribution is -0.116. The molecule has 130 valence electrons. The molecule has 0 radical (unpaired) electrons. The zero-order chi connectivity index (χ0) is 17.8. The number of carbonyl (C=O) groups excluding carboxylic acids is 1. The number of carbonyl (C=O) groups is 1. The van der Waals surface area contributed by atoms with Crippen LogP contribution in [-0.2, 0) is 17.8 Å². The fourth-order valence-electron chi connectivity index (χ4n) is 2.47. The molecule has 0 fully saturated rings. The van der Waals surface area contributed by atoms with E-state index in [1.54, 1.807) is 31.4 Å². The van der Waals surface area contributed by atoms with E-state index in [0.29, 0.717) is 16.9 Å². The fourth-order valence-corrected chi connectivity index (χ4v) is 2.77. The average molecular weight is 357 g/mol. The number of aryl methyl sites for hydroxylation is 1. The van der Waals surface area contributed by atoms with Gasteiger partial charge in [0.15, 0.2) is 5.82 Å². The summed E-state index contributed by atoms with van der Waals surface area (Å²) in [6.45, 7) is 2.05. The normalized spacial score (nSPS) is 10.6. The smallest absolute Gasteiger partial charge is 0.246 e. The summed E-state index contributed by atoms with van der Waals surface area (Å²) >= 11 is 5.49. The number of methoxy groups -OCH3 is 1. The molecule has 1 amide bonds. The van der Waals surface area contributed by atoms with Crippen molar-refractivity contribution in [2.24, 2.45) is 0 Å². The Bertz CT molecular complexity index is 910. The molecule has 0 aliphatic rings. The van der Waals surface area contributed by atoms with E-state index in [-0.39, 0.29) is 12.5 Å². The van der Waals surface area contributed by atoms with Gasteiger partial charge in [0.05, 0.1) is 7.11 Å². The van der Waals surface area contributed by atoms with E-state index in [1.807, 2.05) is 40.8 Å². The summed E-state index contributed by atoms with van der Waals surface area (Å²) in [5, 5.41) is 7.30. The molecule has 2 aromatic heterocycles. The van der Waals surface area contributed by atoms with Gasteiger partial charge in [0, 0.05) is 24.5 Å². The average Bonchev–Trinajstić information content (AvgIpc) is 3.24. The van der Waals surface area contributed by atoms with Gasteiger partial charge in [-0.3, -0.25) is 9.47 Å². The summed E-state index contributed by atoms with van der Waals surface area (Å²) in [7, 11) is 1.60. The maximum Gasteiger partial charge on any atom is 0.246 e. The van der Waals surface area contributed by atoms with E-state index in [1.165, 1.54) is 4.68 Å². The van der Waals surface area contributed by atoms with Crippen LogP contribution < -0.4 is 10.1 Å². The van der Waals surface area contributed by atoms with Crippen molar-refractivity contribution in [2.45, 2.75) is 19.9 Å². The molecule has 0 spiro atoms.